The molecule has 2 heterocycles. The maximum Gasteiger partial charge on any atom is 0.245 e. The molecule has 266 valence electrons. The monoisotopic (exact) mass is 682 g/mol. The zero-order valence-electron chi connectivity index (χ0n) is 29.5. The summed E-state index contributed by atoms with van der Waals surface area (Å²) in [5, 5.41) is 27.4. The molecule has 4 fully saturated rings. The lowest BCUT2D eigenvalue weighted by atomic mass is 9.70. The molecule has 3 amide bonds. The smallest absolute Gasteiger partial charge is 0.245 e. The number of methoxy groups -OCH3 is 1. The van der Waals surface area contributed by atoms with E-state index in [1.54, 1.807) is 12.0 Å². The first-order chi connectivity index (χ1) is 23.9. The van der Waals surface area contributed by atoms with Gasteiger partial charge in [-0.2, -0.15) is 0 Å². The molecule has 0 radical (unpaired) electrons. The minimum absolute atomic E-state index is 0.00629. The predicted molar refractivity (Wildman–Crippen MR) is 192 cm³/mol. The normalized spacial score (nSPS) is 29.3. The molecule has 3 aromatic rings. The van der Waals surface area contributed by atoms with Gasteiger partial charge in [0.1, 0.15) is 17.8 Å². The number of aliphatic hydroxyl groups excluding tert-OH is 2. The molecule has 2 saturated heterocycles. The summed E-state index contributed by atoms with van der Waals surface area (Å²) in [6.45, 7) is 8.52. The van der Waals surface area contributed by atoms with Crippen LogP contribution in [-0.2, 0) is 20.8 Å². The lowest BCUT2D eigenvalue weighted by molar-refractivity contribution is -0.148. The van der Waals surface area contributed by atoms with E-state index in [1.807, 2.05) is 60.7 Å². The molecule has 3 aromatic carbocycles. The van der Waals surface area contributed by atoms with Gasteiger partial charge in [0.2, 0.25) is 17.7 Å². The molecule has 2 saturated carbocycles. The molecular weight excluding hydrogens is 632 g/mol. The Kier molecular flexibility index (Phi) is 9.05. The van der Waals surface area contributed by atoms with E-state index in [-0.39, 0.29) is 47.9 Å². The van der Waals surface area contributed by atoms with E-state index in [4.69, 9.17) is 4.74 Å². The molecule has 2 bridgehead atoms. The first-order valence-electron chi connectivity index (χ1n) is 18.0. The maximum absolute atomic E-state index is 14.3. The van der Waals surface area contributed by atoms with Crippen molar-refractivity contribution in [2.75, 3.05) is 44.7 Å². The van der Waals surface area contributed by atoms with Gasteiger partial charge in [-0.25, -0.2) is 0 Å². The summed E-state index contributed by atoms with van der Waals surface area (Å²) >= 11 is 0. The van der Waals surface area contributed by atoms with Gasteiger partial charge in [-0.15, -0.1) is 0 Å². The third-order valence-corrected chi connectivity index (χ3v) is 12.8. The number of nitrogens with zero attached hydrogens (tertiary/aromatic N) is 3. The molecule has 10 heteroatoms. The van der Waals surface area contributed by atoms with E-state index in [0.717, 1.165) is 40.6 Å². The van der Waals surface area contributed by atoms with Gasteiger partial charge in [-0.05, 0) is 58.1 Å². The van der Waals surface area contributed by atoms with Crippen LogP contribution < -0.4 is 15.0 Å². The lowest BCUT2D eigenvalue weighted by Crippen LogP contribution is -2.58. The Morgan fingerprint density at radius 2 is 1.64 bits per heavy atom. The highest BCUT2D eigenvalue weighted by atomic mass is 16.5. The van der Waals surface area contributed by atoms with Crippen molar-refractivity contribution < 1.29 is 29.3 Å². The maximum atomic E-state index is 14.3. The second-order valence-corrected chi connectivity index (χ2v) is 15.6. The highest BCUT2D eigenvalue weighted by Crippen LogP contribution is 2.68. The molecule has 7 unspecified atom stereocenters. The van der Waals surface area contributed by atoms with Crippen LogP contribution in [0.4, 0.5) is 5.69 Å². The average Bonchev–Trinajstić information content (AvgIpc) is 3.68. The van der Waals surface area contributed by atoms with Gasteiger partial charge in [0.25, 0.3) is 0 Å². The predicted octanol–water partition coefficient (Wildman–Crippen LogP) is 3.62. The van der Waals surface area contributed by atoms with E-state index in [1.165, 1.54) is 4.90 Å². The fraction of sp³-hybridized carbons (Fsp3) is 0.525. The van der Waals surface area contributed by atoms with Gasteiger partial charge in [-0.3, -0.25) is 14.4 Å². The van der Waals surface area contributed by atoms with Crippen LogP contribution in [0.5, 0.6) is 5.75 Å². The van der Waals surface area contributed by atoms with Crippen LogP contribution in [0.2, 0.25) is 0 Å². The van der Waals surface area contributed by atoms with Gasteiger partial charge in [0.05, 0.1) is 30.9 Å². The summed E-state index contributed by atoms with van der Waals surface area (Å²) in [4.78, 5) is 48.2. The Bertz CT molecular complexity index is 1770. The summed E-state index contributed by atoms with van der Waals surface area (Å²) in [6.07, 6.45) is 0.375. The van der Waals surface area contributed by atoms with Crippen molar-refractivity contribution in [3.8, 4) is 5.75 Å². The standard InChI is InChI=1S/C40H50N4O6/c1-39(2)29-15-16-40(39,3)35(46)34(29)38(49)44-24-28(45)23-32(44)36(47)41-30(22-25-13-14-26-9-5-6-10-27(26)21-25)37(48)43-19-17-42(18-20-43)31-11-7-8-12-33(31)50-4/h5-14,21,28-30,32,34-35,45-46H,15-20,22-24H2,1-4H3,(H,41,47). The average molecular weight is 683 g/mol. The Hall–Kier alpha value is -4.15. The van der Waals surface area contributed by atoms with Crippen LogP contribution in [0, 0.1) is 22.7 Å². The number of nitrogens with one attached hydrogen (secondary N) is 1. The number of likely N-dealkylation sites (tertiary alicyclic amines) is 1. The first kappa shape index (κ1) is 34.3. The summed E-state index contributed by atoms with van der Waals surface area (Å²) in [5.41, 5.74) is 1.28. The van der Waals surface area contributed by atoms with Crippen molar-refractivity contribution in [3.05, 3.63) is 72.3 Å². The molecular formula is C40H50N4O6. The fourth-order valence-electron chi connectivity index (χ4n) is 9.49. The van der Waals surface area contributed by atoms with Crippen LogP contribution in [0.15, 0.2) is 66.7 Å². The Labute approximate surface area is 294 Å². The Balaban J connectivity index is 1.11. The molecule has 7 atom stereocenters. The number of carbonyl (C=O) groups is 3. The van der Waals surface area contributed by atoms with Crippen LogP contribution in [0.25, 0.3) is 10.8 Å². The largest absolute Gasteiger partial charge is 0.495 e. The highest BCUT2D eigenvalue weighted by Gasteiger charge is 2.68. The first-order valence-corrected chi connectivity index (χ1v) is 18.0. The van der Waals surface area contributed by atoms with Crippen molar-refractivity contribution in [3.63, 3.8) is 0 Å². The van der Waals surface area contributed by atoms with Crippen molar-refractivity contribution >= 4 is 34.2 Å². The quantitative estimate of drug-likeness (QED) is 0.332. The number of rotatable bonds is 8. The number of hydrogen-bond acceptors (Lipinski definition) is 7. The minimum atomic E-state index is -0.936. The lowest BCUT2D eigenvalue weighted by Gasteiger charge is -2.38. The summed E-state index contributed by atoms with van der Waals surface area (Å²) in [7, 11) is 1.65. The van der Waals surface area contributed by atoms with E-state index < -0.39 is 36.1 Å². The number of benzene rings is 3. The molecule has 7 rings (SSSR count). The zero-order chi connectivity index (χ0) is 35.4. The molecule has 0 spiro atoms. The zero-order valence-corrected chi connectivity index (χ0v) is 29.5. The number of carbonyl (C=O) groups excluding carboxylic acids is 3. The van der Waals surface area contributed by atoms with E-state index in [9.17, 15) is 24.6 Å². The summed E-state index contributed by atoms with van der Waals surface area (Å²) in [6, 6.07) is 20.1. The SMILES string of the molecule is COc1ccccc1N1CCN(C(=O)C(Cc2ccc3ccccc3c2)NC(=O)C2CC(O)CN2C(=O)C2C3CCC(C)(C2O)C3(C)C)CC1. The number of fused-ring (bicyclic) bond motifs is 3. The number of amides is 3. The van der Waals surface area contributed by atoms with Gasteiger partial charge in [0, 0.05) is 45.6 Å². The second kappa shape index (κ2) is 13.2. The number of ether oxygens (including phenoxy) is 1. The van der Waals surface area contributed by atoms with Crippen molar-refractivity contribution in [1.82, 2.24) is 15.1 Å². The third-order valence-electron chi connectivity index (χ3n) is 12.8. The van der Waals surface area contributed by atoms with Crippen molar-refractivity contribution in [1.29, 1.82) is 0 Å². The van der Waals surface area contributed by atoms with Crippen LogP contribution in [0.3, 0.4) is 0 Å². The summed E-state index contributed by atoms with van der Waals surface area (Å²) in [5.74, 6) is -0.763. The topological polar surface area (TPSA) is 123 Å². The van der Waals surface area contributed by atoms with E-state index in [2.05, 4.69) is 37.1 Å². The van der Waals surface area contributed by atoms with E-state index >= 15 is 0 Å². The molecule has 2 aliphatic heterocycles. The Morgan fingerprint density at radius 1 is 0.940 bits per heavy atom. The molecule has 4 aliphatic rings. The van der Waals surface area contributed by atoms with Gasteiger partial charge >= 0.3 is 0 Å². The van der Waals surface area contributed by atoms with Gasteiger partial charge in [0.15, 0.2) is 0 Å². The molecule has 3 N–H and O–H groups in total. The second-order valence-electron chi connectivity index (χ2n) is 15.6. The van der Waals surface area contributed by atoms with Crippen molar-refractivity contribution in [2.45, 2.75) is 70.7 Å². The van der Waals surface area contributed by atoms with Crippen LogP contribution >= 0.6 is 0 Å². The Morgan fingerprint density at radius 3 is 2.34 bits per heavy atom. The number of aliphatic hydroxyl groups is 2. The van der Waals surface area contributed by atoms with E-state index in [0.29, 0.717) is 26.2 Å². The number of anilines is 1. The van der Waals surface area contributed by atoms with Gasteiger partial charge < -0.3 is 35.0 Å². The molecule has 50 heavy (non-hydrogen) atoms. The third kappa shape index (κ3) is 5.80. The molecule has 2 aliphatic carbocycles. The van der Waals surface area contributed by atoms with Gasteiger partial charge in [-0.1, -0.05) is 75.4 Å². The van der Waals surface area contributed by atoms with Crippen molar-refractivity contribution in [2.24, 2.45) is 22.7 Å². The fourth-order valence-corrected chi connectivity index (χ4v) is 9.49. The number of hydrogen-bond donors (Lipinski definition) is 3. The number of β-amino-alcohol motifs (C(OH)–C–C–N with tert-alkyl or cyclic N) is 1. The summed E-state index contributed by atoms with van der Waals surface area (Å²) < 4.78 is 5.57. The number of piperazine rings is 1. The number of para-hydroxylation sites is 2. The molecule has 10 nitrogen and oxygen atoms in total. The van der Waals surface area contributed by atoms with Crippen LogP contribution in [0.1, 0.15) is 45.6 Å². The minimum Gasteiger partial charge on any atom is -0.495 e. The molecule has 0 aromatic heterocycles. The van der Waals surface area contributed by atoms with Crippen LogP contribution in [-0.4, -0.2) is 102 Å². The highest BCUT2D eigenvalue weighted by molar-refractivity contribution is 5.94.